The van der Waals surface area contributed by atoms with Crippen LogP contribution in [-0.4, -0.2) is 62.5 Å². The summed E-state index contributed by atoms with van der Waals surface area (Å²) in [5, 5.41) is 21.1. The summed E-state index contributed by atoms with van der Waals surface area (Å²) in [5.41, 5.74) is 2.57. The molecule has 1 aliphatic heterocycles. The molecule has 0 radical (unpaired) electrons. The molecule has 0 bridgehead atoms. The van der Waals surface area contributed by atoms with Crippen molar-refractivity contribution in [3.05, 3.63) is 59.7 Å². The molecule has 1 amide bonds. The Morgan fingerprint density at radius 1 is 1.08 bits per heavy atom. The van der Waals surface area contributed by atoms with Crippen molar-refractivity contribution in [1.29, 1.82) is 0 Å². The minimum Gasteiger partial charge on any atom is -0.390 e. The smallest absolute Gasteiger partial charge is 0.251 e. The number of anilines is 2. The van der Waals surface area contributed by atoms with Crippen LogP contribution in [0.4, 0.5) is 11.4 Å². The molecule has 4 N–H and O–H groups in total. The van der Waals surface area contributed by atoms with Gasteiger partial charge in [0.05, 0.1) is 23.6 Å². The van der Waals surface area contributed by atoms with Crippen molar-refractivity contribution >= 4 is 27.3 Å². The number of sulfonamides is 1. The van der Waals surface area contributed by atoms with Crippen LogP contribution in [0.15, 0.2) is 48.5 Å². The number of hydrogen-bond donors (Lipinski definition) is 4. The maximum Gasteiger partial charge on any atom is 0.251 e. The maximum atomic E-state index is 13.6. The van der Waals surface area contributed by atoms with Gasteiger partial charge >= 0.3 is 0 Å². The highest BCUT2D eigenvalue weighted by Crippen LogP contribution is 2.30. The number of carbonyl (C=O) groups is 1. The average molecular weight is 543 g/mol. The van der Waals surface area contributed by atoms with Crippen molar-refractivity contribution in [1.82, 2.24) is 10.6 Å². The molecule has 0 spiro atoms. The topological polar surface area (TPSA) is 111 Å². The lowest BCUT2D eigenvalue weighted by molar-refractivity contribution is 0.0812. The summed E-state index contributed by atoms with van der Waals surface area (Å²) < 4.78 is 27.0. The number of nitrogens with zero attached hydrogens (tertiary/aromatic N) is 1. The molecule has 8 nitrogen and oxygen atoms in total. The van der Waals surface area contributed by atoms with E-state index in [0.717, 1.165) is 24.8 Å². The summed E-state index contributed by atoms with van der Waals surface area (Å²) in [7, 11) is -3.42. The molecule has 9 heteroatoms. The van der Waals surface area contributed by atoms with Crippen molar-refractivity contribution in [2.75, 3.05) is 35.0 Å². The number of amides is 1. The Labute approximate surface area is 227 Å². The van der Waals surface area contributed by atoms with Gasteiger partial charge in [-0.05, 0) is 69.7 Å². The predicted octanol–water partition coefficient (Wildman–Crippen LogP) is 3.67. The van der Waals surface area contributed by atoms with Crippen LogP contribution < -0.4 is 20.3 Å². The van der Waals surface area contributed by atoms with Gasteiger partial charge in [-0.2, -0.15) is 0 Å². The lowest BCUT2D eigenvalue weighted by Crippen LogP contribution is -2.52. The Bertz CT molecular complexity index is 1180. The van der Waals surface area contributed by atoms with E-state index in [-0.39, 0.29) is 17.2 Å². The van der Waals surface area contributed by atoms with Crippen LogP contribution in [0.2, 0.25) is 0 Å². The average Bonchev–Trinajstić information content (AvgIpc) is 3.34. The van der Waals surface area contributed by atoms with E-state index < -0.39 is 22.2 Å². The molecule has 0 aromatic heterocycles. The highest BCUT2D eigenvalue weighted by atomic mass is 32.2. The van der Waals surface area contributed by atoms with Crippen LogP contribution in [0.25, 0.3) is 0 Å². The largest absolute Gasteiger partial charge is 0.390 e. The first-order chi connectivity index (χ1) is 18.2. The Morgan fingerprint density at radius 2 is 1.82 bits per heavy atom. The summed E-state index contributed by atoms with van der Waals surface area (Å²) in [6.45, 7) is 5.56. The molecule has 1 saturated heterocycles. The zero-order chi connectivity index (χ0) is 27.2. The Hall–Kier alpha value is -2.62. The van der Waals surface area contributed by atoms with Gasteiger partial charge < -0.3 is 21.1 Å². The molecule has 1 heterocycles. The zero-order valence-corrected chi connectivity index (χ0v) is 23.4. The summed E-state index contributed by atoms with van der Waals surface area (Å²) in [4.78, 5) is 13.6. The lowest BCUT2D eigenvalue weighted by atomic mass is 9.97. The van der Waals surface area contributed by atoms with E-state index in [1.54, 1.807) is 18.2 Å². The second kappa shape index (κ2) is 12.5. The predicted molar refractivity (Wildman–Crippen MR) is 153 cm³/mol. The number of rotatable bonds is 11. The van der Waals surface area contributed by atoms with Gasteiger partial charge in [-0.25, -0.2) is 8.42 Å². The fourth-order valence-electron chi connectivity index (χ4n) is 5.50. The molecule has 2 aliphatic rings. The molecule has 2 aromatic rings. The Balaban J connectivity index is 1.56. The molecule has 2 atom stereocenters. The third-order valence-corrected chi connectivity index (χ3v) is 9.59. The molecule has 38 heavy (non-hydrogen) atoms. The minimum atomic E-state index is -3.42. The summed E-state index contributed by atoms with van der Waals surface area (Å²) in [6.07, 6.45) is 5.63. The van der Waals surface area contributed by atoms with E-state index in [1.807, 2.05) is 37.3 Å². The number of β-amino-alcohol motifs (C(OH)–C–C–N with tert-alkyl or cyclic N) is 1. The van der Waals surface area contributed by atoms with Crippen LogP contribution >= 0.6 is 0 Å². The first-order valence-corrected chi connectivity index (χ1v) is 15.5. The SMILES string of the molecule is CCNc1cc(C(=O)N[C@@H](Cc2ccccc2)[C@H](O)CNC2(C)CCCC2)cc(N2CCCCS2(=O)=O)c1. The van der Waals surface area contributed by atoms with Crippen LogP contribution in [-0.2, 0) is 16.4 Å². The van der Waals surface area contributed by atoms with Gasteiger partial charge in [-0.15, -0.1) is 0 Å². The first-order valence-electron chi connectivity index (χ1n) is 13.9. The quantitative estimate of drug-likeness (QED) is 0.345. The van der Waals surface area contributed by atoms with Crippen molar-refractivity contribution in [3.63, 3.8) is 0 Å². The lowest BCUT2D eigenvalue weighted by Gasteiger charge is -2.31. The molecule has 2 fully saturated rings. The molecule has 208 valence electrons. The first kappa shape index (κ1) is 28.4. The summed E-state index contributed by atoms with van der Waals surface area (Å²) in [6, 6.07) is 14.5. The van der Waals surface area contributed by atoms with E-state index in [0.29, 0.717) is 49.4 Å². The number of hydrogen-bond acceptors (Lipinski definition) is 6. The van der Waals surface area contributed by atoms with E-state index in [2.05, 4.69) is 22.9 Å². The number of benzene rings is 2. The summed E-state index contributed by atoms with van der Waals surface area (Å²) in [5.74, 6) is -0.232. The number of aliphatic hydroxyl groups is 1. The molecule has 1 aliphatic carbocycles. The zero-order valence-electron chi connectivity index (χ0n) is 22.6. The van der Waals surface area contributed by atoms with Gasteiger partial charge in [0.15, 0.2) is 0 Å². The molecule has 0 unspecified atom stereocenters. The highest BCUT2D eigenvalue weighted by molar-refractivity contribution is 7.92. The molecule has 2 aromatic carbocycles. The summed E-state index contributed by atoms with van der Waals surface area (Å²) >= 11 is 0. The van der Waals surface area contributed by atoms with Gasteiger partial charge in [0.25, 0.3) is 5.91 Å². The van der Waals surface area contributed by atoms with Gasteiger partial charge in [0.2, 0.25) is 10.0 Å². The fourth-order valence-corrected chi connectivity index (χ4v) is 7.12. The second-order valence-corrected chi connectivity index (χ2v) is 12.9. The standard InChI is InChI=1S/C29H42N4O4S/c1-3-30-24-18-23(19-25(20-24)33-15-9-10-16-38(33,36)37)28(35)32-26(17-22-11-5-4-6-12-22)27(34)21-31-29(2)13-7-8-14-29/h4-6,11-12,18-20,26-27,30-31,34H,3,7-10,13-17,21H2,1-2H3,(H,32,35)/t26-,27+/m0/s1. The van der Waals surface area contributed by atoms with Crippen LogP contribution in [0, 0.1) is 0 Å². The fraction of sp³-hybridized carbons (Fsp3) is 0.552. The van der Waals surface area contributed by atoms with Crippen molar-refractivity contribution in [2.24, 2.45) is 0 Å². The maximum absolute atomic E-state index is 13.6. The van der Waals surface area contributed by atoms with Crippen molar-refractivity contribution < 1.29 is 18.3 Å². The number of carbonyl (C=O) groups excluding carboxylic acids is 1. The van der Waals surface area contributed by atoms with E-state index in [9.17, 15) is 18.3 Å². The van der Waals surface area contributed by atoms with Gasteiger partial charge in [0.1, 0.15) is 0 Å². The Kier molecular flexibility index (Phi) is 9.33. The van der Waals surface area contributed by atoms with E-state index in [1.165, 1.54) is 17.1 Å². The van der Waals surface area contributed by atoms with Crippen molar-refractivity contribution in [2.45, 2.75) is 76.5 Å². The van der Waals surface area contributed by atoms with Gasteiger partial charge in [0, 0.05) is 36.4 Å². The van der Waals surface area contributed by atoms with Gasteiger partial charge in [-0.3, -0.25) is 9.10 Å². The second-order valence-electron chi connectivity index (χ2n) is 10.9. The number of aliphatic hydroxyl groups excluding tert-OH is 1. The molecular weight excluding hydrogens is 500 g/mol. The van der Waals surface area contributed by atoms with Crippen LogP contribution in [0.5, 0.6) is 0 Å². The van der Waals surface area contributed by atoms with E-state index >= 15 is 0 Å². The molecule has 1 saturated carbocycles. The molecular formula is C29H42N4O4S. The highest BCUT2D eigenvalue weighted by Gasteiger charge is 2.31. The normalized spacial score (nSPS) is 20.0. The van der Waals surface area contributed by atoms with Crippen molar-refractivity contribution in [3.8, 4) is 0 Å². The molecule has 4 rings (SSSR count). The van der Waals surface area contributed by atoms with Crippen LogP contribution in [0.1, 0.15) is 68.3 Å². The monoisotopic (exact) mass is 542 g/mol. The third-order valence-electron chi connectivity index (χ3n) is 7.72. The Morgan fingerprint density at radius 3 is 2.50 bits per heavy atom. The third kappa shape index (κ3) is 7.27. The van der Waals surface area contributed by atoms with E-state index in [4.69, 9.17) is 0 Å². The minimum absolute atomic E-state index is 0.0112. The van der Waals surface area contributed by atoms with Crippen LogP contribution in [0.3, 0.4) is 0 Å². The van der Waals surface area contributed by atoms with Gasteiger partial charge in [-0.1, -0.05) is 43.2 Å². The number of nitrogens with one attached hydrogen (secondary N) is 3.